The van der Waals surface area contributed by atoms with Crippen LogP contribution in [0.25, 0.3) is 11.3 Å². The zero-order valence-electron chi connectivity index (χ0n) is 14.3. The molecule has 4 aromatic rings. The van der Waals surface area contributed by atoms with Crippen molar-refractivity contribution in [2.24, 2.45) is 0 Å². The van der Waals surface area contributed by atoms with Crippen molar-refractivity contribution in [3.05, 3.63) is 93.5 Å². The first-order chi connectivity index (χ1) is 13.5. The summed E-state index contributed by atoms with van der Waals surface area (Å²) in [6.07, 6.45) is 1.77. The van der Waals surface area contributed by atoms with Crippen LogP contribution in [0, 0.1) is 5.82 Å². The first-order valence-corrected chi connectivity index (χ1v) is 8.67. The Labute approximate surface area is 163 Å². The Morgan fingerprint density at radius 1 is 1.11 bits per heavy atom. The lowest BCUT2D eigenvalue weighted by Crippen LogP contribution is -2.29. The number of benzene rings is 1. The minimum absolute atomic E-state index is 0.0365. The largest absolute Gasteiger partial charge is 0.345 e. The van der Waals surface area contributed by atoms with Gasteiger partial charge in [0.05, 0.1) is 12.2 Å². The Kier molecular flexibility index (Phi) is 4.62. The number of nitrogens with one attached hydrogen (secondary N) is 1. The van der Waals surface area contributed by atoms with Crippen LogP contribution in [-0.2, 0) is 6.54 Å². The van der Waals surface area contributed by atoms with Gasteiger partial charge in [0.15, 0.2) is 0 Å². The highest BCUT2D eigenvalue weighted by Gasteiger charge is 2.15. The molecule has 140 valence electrons. The Morgan fingerprint density at radius 2 is 1.89 bits per heavy atom. The van der Waals surface area contributed by atoms with Crippen molar-refractivity contribution in [2.45, 2.75) is 6.54 Å². The number of amides is 1. The minimum Gasteiger partial charge on any atom is -0.345 e. The van der Waals surface area contributed by atoms with Gasteiger partial charge in [0.1, 0.15) is 28.0 Å². The number of fused-ring (bicyclic) bond motifs is 1. The second-order valence-electron chi connectivity index (χ2n) is 5.88. The van der Waals surface area contributed by atoms with Gasteiger partial charge >= 0.3 is 0 Å². The Hall–Kier alpha value is -3.52. The summed E-state index contributed by atoms with van der Waals surface area (Å²) in [5.74, 6) is -1.16. The van der Waals surface area contributed by atoms with Crippen molar-refractivity contribution in [1.82, 2.24) is 24.5 Å². The van der Waals surface area contributed by atoms with Crippen molar-refractivity contribution >= 4 is 23.2 Å². The van der Waals surface area contributed by atoms with Crippen LogP contribution in [0.15, 0.2) is 65.6 Å². The number of rotatable bonds is 4. The topological polar surface area (TPSA) is 81.3 Å². The monoisotopic (exact) mass is 397 g/mol. The van der Waals surface area contributed by atoms with Gasteiger partial charge in [0, 0.05) is 12.3 Å². The van der Waals surface area contributed by atoms with Crippen molar-refractivity contribution < 1.29 is 9.18 Å². The number of carbonyl (C=O) groups is 1. The molecule has 0 bridgehead atoms. The number of pyridine rings is 1. The third-order valence-corrected chi connectivity index (χ3v) is 4.47. The van der Waals surface area contributed by atoms with E-state index in [-0.39, 0.29) is 17.9 Å². The quantitative estimate of drug-likeness (QED) is 0.574. The second-order valence-corrected chi connectivity index (χ2v) is 6.24. The van der Waals surface area contributed by atoms with E-state index in [1.807, 2.05) is 12.1 Å². The third kappa shape index (κ3) is 3.25. The summed E-state index contributed by atoms with van der Waals surface area (Å²) in [5.41, 5.74) is 0.518. The number of carbonyl (C=O) groups excluding carboxylic acids is 1. The Morgan fingerprint density at radius 3 is 2.68 bits per heavy atom. The molecule has 0 aliphatic heterocycles. The van der Waals surface area contributed by atoms with Crippen LogP contribution in [0.2, 0.25) is 5.15 Å². The summed E-state index contributed by atoms with van der Waals surface area (Å²) in [4.78, 5) is 28.9. The molecule has 0 aliphatic rings. The number of aromatic nitrogens is 4. The SMILES string of the molecule is O=C(NCc1nc2ccccn2c1Cl)c1ccc(=O)n(-c2ccccc2F)n1. The lowest BCUT2D eigenvalue weighted by Gasteiger charge is -2.08. The summed E-state index contributed by atoms with van der Waals surface area (Å²) in [6, 6.07) is 13.6. The smallest absolute Gasteiger partial charge is 0.272 e. The fourth-order valence-electron chi connectivity index (χ4n) is 2.71. The van der Waals surface area contributed by atoms with Crippen LogP contribution in [-0.4, -0.2) is 25.1 Å². The normalized spacial score (nSPS) is 10.9. The lowest BCUT2D eigenvalue weighted by molar-refractivity contribution is 0.0943. The third-order valence-electron chi connectivity index (χ3n) is 4.07. The molecule has 1 aromatic carbocycles. The number of hydrogen-bond acceptors (Lipinski definition) is 4. The fourth-order valence-corrected chi connectivity index (χ4v) is 2.96. The van der Waals surface area contributed by atoms with Crippen LogP contribution in [0.4, 0.5) is 4.39 Å². The molecule has 3 aromatic heterocycles. The zero-order chi connectivity index (χ0) is 19.7. The summed E-state index contributed by atoms with van der Waals surface area (Å²) in [6.45, 7) is 0.0693. The summed E-state index contributed by atoms with van der Waals surface area (Å²) < 4.78 is 16.5. The molecule has 0 aliphatic carbocycles. The van der Waals surface area contributed by atoms with Crippen LogP contribution >= 0.6 is 11.6 Å². The van der Waals surface area contributed by atoms with E-state index in [9.17, 15) is 14.0 Å². The number of para-hydroxylation sites is 1. The van der Waals surface area contributed by atoms with Gasteiger partial charge in [0.25, 0.3) is 11.5 Å². The second kappa shape index (κ2) is 7.24. The number of nitrogens with zero attached hydrogens (tertiary/aromatic N) is 4. The fraction of sp³-hybridized carbons (Fsp3) is 0.0526. The van der Waals surface area contributed by atoms with Gasteiger partial charge in [-0.05, 0) is 30.3 Å². The molecule has 0 fully saturated rings. The van der Waals surface area contributed by atoms with E-state index in [1.165, 1.54) is 24.3 Å². The van der Waals surface area contributed by atoms with Crippen molar-refractivity contribution in [2.75, 3.05) is 0 Å². The van der Waals surface area contributed by atoms with E-state index in [0.717, 1.165) is 10.7 Å². The van der Waals surface area contributed by atoms with Crippen molar-refractivity contribution in [1.29, 1.82) is 0 Å². The van der Waals surface area contributed by atoms with E-state index in [1.54, 1.807) is 22.7 Å². The van der Waals surface area contributed by atoms with Crippen molar-refractivity contribution in [3.63, 3.8) is 0 Å². The first kappa shape index (κ1) is 17.9. The van der Waals surface area contributed by atoms with Crippen LogP contribution < -0.4 is 10.9 Å². The summed E-state index contributed by atoms with van der Waals surface area (Å²) >= 11 is 6.28. The number of halogens is 2. The van der Waals surface area contributed by atoms with Crippen LogP contribution in [0.5, 0.6) is 0 Å². The average Bonchev–Trinajstić information content (AvgIpc) is 3.03. The first-order valence-electron chi connectivity index (χ1n) is 8.29. The van der Waals surface area contributed by atoms with Gasteiger partial charge in [-0.2, -0.15) is 9.78 Å². The molecule has 0 spiro atoms. The average molecular weight is 398 g/mol. The van der Waals surface area contributed by atoms with Crippen molar-refractivity contribution in [3.8, 4) is 5.69 Å². The number of hydrogen-bond donors (Lipinski definition) is 1. The molecular weight excluding hydrogens is 385 g/mol. The Bertz CT molecular complexity index is 1250. The highest BCUT2D eigenvalue weighted by Crippen LogP contribution is 2.17. The predicted octanol–water partition coefficient (Wildman–Crippen LogP) is 2.60. The Balaban J connectivity index is 1.58. The molecule has 3 heterocycles. The van der Waals surface area contributed by atoms with Crippen LogP contribution in [0.1, 0.15) is 16.2 Å². The highest BCUT2D eigenvalue weighted by atomic mass is 35.5. The molecule has 4 rings (SSSR count). The van der Waals surface area contributed by atoms with E-state index in [0.29, 0.717) is 16.5 Å². The molecule has 7 nitrogen and oxygen atoms in total. The van der Waals surface area contributed by atoms with Gasteiger partial charge < -0.3 is 5.32 Å². The van der Waals surface area contributed by atoms with Gasteiger partial charge in [-0.15, -0.1) is 0 Å². The standard InChI is InChI=1S/C19H13ClFN5O2/c20-18-14(23-16-7-3-4-10-25(16)18)11-22-19(28)13-8-9-17(27)26(24-13)15-6-2-1-5-12(15)21/h1-10H,11H2,(H,22,28). The van der Waals surface area contributed by atoms with Gasteiger partial charge in [-0.3, -0.25) is 14.0 Å². The zero-order valence-corrected chi connectivity index (χ0v) is 15.1. The maximum absolute atomic E-state index is 14.0. The molecule has 1 N–H and O–H groups in total. The molecule has 0 radical (unpaired) electrons. The van der Waals surface area contributed by atoms with Crippen LogP contribution in [0.3, 0.4) is 0 Å². The maximum Gasteiger partial charge on any atom is 0.272 e. The molecule has 0 saturated carbocycles. The molecule has 0 saturated heterocycles. The summed E-state index contributed by atoms with van der Waals surface area (Å²) in [5, 5.41) is 7.02. The number of imidazole rings is 1. The lowest BCUT2D eigenvalue weighted by atomic mass is 10.3. The predicted molar refractivity (Wildman–Crippen MR) is 101 cm³/mol. The van der Waals surface area contributed by atoms with E-state index < -0.39 is 17.3 Å². The van der Waals surface area contributed by atoms with E-state index in [4.69, 9.17) is 11.6 Å². The van der Waals surface area contributed by atoms with Gasteiger partial charge in [0.2, 0.25) is 0 Å². The van der Waals surface area contributed by atoms with Gasteiger partial charge in [-0.25, -0.2) is 9.37 Å². The molecule has 28 heavy (non-hydrogen) atoms. The molecular formula is C19H13ClFN5O2. The molecule has 1 amide bonds. The molecule has 0 atom stereocenters. The molecule has 9 heteroatoms. The minimum atomic E-state index is -0.619. The highest BCUT2D eigenvalue weighted by molar-refractivity contribution is 6.30. The molecule has 0 unspecified atom stereocenters. The maximum atomic E-state index is 14.0. The summed E-state index contributed by atoms with van der Waals surface area (Å²) in [7, 11) is 0. The van der Waals surface area contributed by atoms with E-state index in [2.05, 4.69) is 15.4 Å². The van der Waals surface area contributed by atoms with Gasteiger partial charge in [-0.1, -0.05) is 29.8 Å². The van der Waals surface area contributed by atoms with E-state index >= 15 is 0 Å².